The number of hydrogen-bond acceptors (Lipinski definition) is 2. The van der Waals surface area contributed by atoms with Gasteiger partial charge in [-0.25, -0.2) is 9.37 Å². The molecule has 3 rings (SSSR count). The minimum atomic E-state index is -0.304. The number of rotatable bonds is 2. The van der Waals surface area contributed by atoms with E-state index in [1.807, 2.05) is 0 Å². The van der Waals surface area contributed by atoms with Crippen LogP contribution in [0.25, 0.3) is 22.4 Å². The zero-order valence-electron chi connectivity index (χ0n) is 10.1. The van der Waals surface area contributed by atoms with E-state index in [-0.39, 0.29) is 5.82 Å². The molecular formula is C14H10ClFN2O. The molecule has 0 aliphatic rings. The predicted molar refractivity (Wildman–Crippen MR) is 73.0 cm³/mol. The van der Waals surface area contributed by atoms with Gasteiger partial charge in [0.05, 0.1) is 17.6 Å². The van der Waals surface area contributed by atoms with Crippen LogP contribution in [0.15, 0.2) is 36.4 Å². The molecule has 0 atom stereocenters. The molecule has 0 aliphatic heterocycles. The van der Waals surface area contributed by atoms with Crippen LogP contribution in [-0.2, 0) is 0 Å². The summed E-state index contributed by atoms with van der Waals surface area (Å²) in [7, 11) is 1.57. The highest BCUT2D eigenvalue weighted by Gasteiger charge is 2.10. The molecular weight excluding hydrogens is 267 g/mol. The fraction of sp³-hybridized carbons (Fsp3) is 0.0714. The second-order valence-electron chi connectivity index (χ2n) is 4.10. The van der Waals surface area contributed by atoms with Crippen LogP contribution in [0.5, 0.6) is 5.75 Å². The lowest BCUT2D eigenvalue weighted by Gasteiger charge is -1.99. The zero-order valence-corrected chi connectivity index (χ0v) is 10.8. The molecule has 0 bridgehead atoms. The lowest BCUT2D eigenvalue weighted by molar-refractivity contribution is 0.415. The van der Waals surface area contributed by atoms with E-state index in [2.05, 4.69) is 9.97 Å². The van der Waals surface area contributed by atoms with E-state index in [1.165, 1.54) is 12.1 Å². The summed E-state index contributed by atoms with van der Waals surface area (Å²) in [6.45, 7) is 0. The van der Waals surface area contributed by atoms with E-state index in [9.17, 15) is 4.39 Å². The molecule has 0 saturated carbocycles. The Morgan fingerprint density at radius 2 is 2.11 bits per heavy atom. The van der Waals surface area contributed by atoms with Crippen LogP contribution in [0.1, 0.15) is 0 Å². The van der Waals surface area contributed by atoms with Gasteiger partial charge in [-0.2, -0.15) is 0 Å². The number of ether oxygens (including phenoxy) is 1. The number of fused-ring (bicyclic) bond motifs is 1. The zero-order chi connectivity index (χ0) is 13.4. The topological polar surface area (TPSA) is 37.9 Å². The average molecular weight is 277 g/mol. The molecule has 0 unspecified atom stereocenters. The molecule has 1 heterocycles. The third-order valence-corrected chi connectivity index (χ3v) is 3.14. The Morgan fingerprint density at radius 1 is 1.26 bits per heavy atom. The van der Waals surface area contributed by atoms with Crippen LogP contribution in [0, 0.1) is 5.82 Å². The van der Waals surface area contributed by atoms with Gasteiger partial charge in [0.1, 0.15) is 22.9 Å². The number of imidazole rings is 1. The van der Waals surface area contributed by atoms with Crippen molar-refractivity contribution in [3.8, 4) is 17.1 Å². The highest BCUT2D eigenvalue weighted by molar-refractivity contribution is 6.35. The summed E-state index contributed by atoms with van der Waals surface area (Å²) < 4.78 is 18.4. The SMILES string of the molecule is COc1cc(Cl)c2nc(-c3cccc(F)c3)[nH]c2c1. The quantitative estimate of drug-likeness (QED) is 0.767. The fourth-order valence-corrected chi connectivity index (χ4v) is 2.19. The average Bonchev–Trinajstić information content (AvgIpc) is 2.83. The largest absolute Gasteiger partial charge is 0.497 e. The number of nitrogens with one attached hydrogen (secondary N) is 1. The molecule has 3 nitrogen and oxygen atoms in total. The second-order valence-corrected chi connectivity index (χ2v) is 4.51. The summed E-state index contributed by atoms with van der Waals surface area (Å²) in [6.07, 6.45) is 0. The van der Waals surface area contributed by atoms with E-state index in [1.54, 1.807) is 31.4 Å². The van der Waals surface area contributed by atoms with Crippen molar-refractivity contribution in [2.45, 2.75) is 0 Å². The van der Waals surface area contributed by atoms with E-state index < -0.39 is 0 Å². The van der Waals surface area contributed by atoms with Crippen LogP contribution >= 0.6 is 11.6 Å². The van der Waals surface area contributed by atoms with Crippen molar-refractivity contribution in [3.63, 3.8) is 0 Å². The Morgan fingerprint density at radius 3 is 2.84 bits per heavy atom. The maximum atomic E-state index is 13.2. The van der Waals surface area contributed by atoms with E-state index in [0.717, 1.165) is 5.52 Å². The minimum absolute atomic E-state index is 0.304. The molecule has 1 aromatic heterocycles. The summed E-state index contributed by atoms with van der Waals surface area (Å²) in [4.78, 5) is 7.50. The summed E-state index contributed by atoms with van der Waals surface area (Å²) in [5.41, 5.74) is 2.07. The normalized spacial score (nSPS) is 10.9. The van der Waals surface area contributed by atoms with Crippen molar-refractivity contribution in [1.29, 1.82) is 0 Å². The Bertz CT molecular complexity index is 754. The molecule has 0 fully saturated rings. The van der Waals surface area contributed by atoms with Gasteiger partial charge < -0.3 is 9.72 Å². The van der Waals surface area contributed by atoms with Crippen LogP contribution in [0.2, 0.25) is 5.02 Å². The van der Waals surface area contributed by atoms with Gasteiger partial charge >= 0.3 is 0 Å². The van der Waals surface area contributed by atoms with Crippen LogP contribution in [-0.4, -0.2) is 17.1 Å². The first-order chi connectivity index (χ1) is 9.17. The van der Waals surface area contributed by atoms with E-state index >= 15 is 0 Å². The molecule has 0 amide bonds. The standard InChI is InChI=1S/C14H10ClFN2O/c1-19-10-6-11(15)13-12(7-10)17-14(18-13)8-3-2-4-9(16)5-8/h2-7H,1H3,(H,17,18). The van der Waals surface area contributed by atoms with E-state index in [4.69, 9.17) is 16.3 Å². The molecule has 3 aromatic rings. The summed E-state index contributed by atoms with van der Waals surface area (Å²) in [6, 6.07) is 9.73. The van der Waals surface area contributed by atoms with Gasteiger partial charge in [0.2, 0.25) is 0 Å². The van der Waals surface area contributed by atoms with Gasteiger partial charge in [-0.3, -0.25) is 0 Å². The molecule has 19 heavy (non-hydrogen) atoms. The Balaban J connectivity index is 2.19. The highest BCUT2D eigenvalue weighted by atomic mass is 35.5. The van der Waals surface area contributed by atoms with Gasteiger partial charge in [-0.15, -0.1) is 0 Å². The minimum Gasteiger partial charge on any atom is -0.497 e. The molecule has 96 valence electrons. The van der Waals surface area contributed by atoms with Crippen molar-refractivity contribution in [1.82, 2.24) is 9.97 Å². The van der Waals surface area contributed by atoms with Crippen molar-refractivity contribution in [2.75, 3.05) is 7.11 Å². The van der Waals surface area contributed by atoms with E-state index in [0.29, 0.717) is 27.7 Å². The Hall–Kier alpha value is -2.07. The smallest absolute Gasteiger partial charge is 0.138 e. The van der Waals surface area contributed by atoms with Gasteiger partial charge in [0.25, 0.3) is 0 Å². The van der Waals surface area contributed by atoms with Crippen molar-refractivity contribution >= 4 is 22.6 Å². The first-order valence-corrected chi connectivity index (χ1v) is 6.04. The number of aromatic nitrogens is 2. The third kappa shape index (κ3) is 2.15. The number of aromatic amines is 1. The number of halogens is 2. The number of nitrogens with zero attached hydrogens (tertiary/aromatic N) is 1. The highest BCUT2D eigenvalue weighted by Crippen LogP contribution is 2.30. The molecule has 1 N–H and O–H groups in total. The number of H-pyrrole nitrogens is 1. The van der Waals surface area contributed by atoms with Gasteiger partial charge in [0, 0.05) is 17.7 Å². The molecule has 2 aromatic carbocycles. The molecule has 0 radical (unpaired) electrons. The first-order valence-electron chi connectivity index (χ1n) is 5.66. The maximum absolute atomic E-state index is 13.2. The second kappa shape index (κ2) is 4.55. The van der Waals surface area contributed by atoms with Crippen molar-refractivity contribution in [2.24, 2.45) is 0 Å². The van der Waals surface area contributed by atoms with Crippen LogP contribution in [0.4, 0.5) is 4.39 Å². The van der Waals surface area contributed by atoms with Gasteiger partial charge in [-0.05, 0) is 12.1 Å². The third-order valence-electron chi connectivity index (χ3n) is 2.85. The van der Waals surface area contributed by atoms with Gasteiger partial charge in [0.15, 0.2) is 0 Å². The fourth-order valence-electron chi connectivity index (χ4n) is 1.94. The molecule has 0 aliphatic carbocycles. The Kier molecular flexibility index (Phi) is 2.87. The summed E-state index contributed by atoms with van der Waals surface area (Å²) in [5.74, 6) is 0.915. The number of benzene rings is 2. The monoisotopic (exact) mass is 276 g/mol. The molecule has 0 spiro atoms. The molecule has 0 saturated heterocycles. The van der Waals surface area contributed by atoms with Crippen LogP contribution in [0.3, 0.4) is 0 Å². The number of hydrogen-bond donors (Lipinski definition) is 1. The van der Waals surface area contributed by atoms with Crippen molar-refractivity contribution in [3.05, 3.63) is 47.2 Å². The lowest BCUT2D eigenvalue weighted by Crippen LogP contribution is -1.82. The first kappa shape index (κ1) is 12.0. The van der Waals surface area contributed by atoms with Crippen LogP contribution < -0.4 is 4.74 Å². The summed E-state index contributed by atoms with van der Waals surface area (Å²) in [5, 5.41) is 0.494. The predicted octanol–water partition coefficient (Wildman–Crippen LogP) is 4.03. The number of methoxy groups -OCH3 is 1. The maximum Gasteiger partial charge on any atom is 0.138 e. The molecule has 5 heteroatoms. The summed E-state index contributed by atoms with van der Waals surface area (Å²) >= 11 is 6.14. The van der Waals surface area contributed by atoms with Gasteiger partial charge in [-0.1, -0.05) is 23.7 Å². The van der Waals surface area contributed by atoms with Crippen molar-refractivity contribution < 1.29 is 9.13 Å². The Labute approximate surface area is 114 Å². The lowest BCUT2D eigenvalue weighted by atomic mass is 10.2.